The Morgan fingerprint density at radius 1 is 1.27 bits per heavy atom. The summed E-state index contributed by atoms with van der Waals surface area (Å²) < 4.78 is 5.85. The smallest absolute Gasteiger partial charge is 0.235 e. The van der Waals surface area contributed by atoms with Crippen molar-refractivity contribution in [2.24, 2.45) is 0 Å². The number of carbonyl (C=O) groups excluding carboxylic acids is 1. The van der Waals surface area contributed by atoms with E-state index < -0.39 is 5.54 Å². The first-order valence-electron chi connectivity index (χ1n) is 9.42. The van der Waals surface area contributed by atoms with Crippen LogP contribution in [0, 0.1) is 11.3 Å². The van der Waals surface area contributed by atoms with Gasteiger partial charge in [0.2, 0.25) is 5.91 Å². The molecular formula is C20H26ClN3O2. The molecule has 1 aromatic rings. The van der Waals surface area contributed by atoms with Gasteiger partial charge < -0.3 is 10.1 Å². The third-order valence-electron chi connectivity index (χ3n) is 5.31. The van der Waals surface area contributed by atoms with Gasteiger partial charge in [0, 0.05) is 18.1 Å². The zero-order valence-corrected chi connectivity index (χ0v) is 15.8. The standard InChI is InChI=1S/C20H26ClN3O2/c21-17-7-5-16(6-8-17)18-13-24(11-12-26-18)14-19(25)23-20(15-22)9-3-1-2-4-10-20/h5-8,18H,1-4,9-14H2,(H,23,25). The summed E-state index contributed by atoms with van der Waals surface area (Å²) in [4.78, 5) is 14.7. The highest BCUT2D eigenvalue weighted by Crippen LogP contribution is 2.27. The maximum absolute atomic E-state index is 12.6. The van der Waals surface area contributed by atoms with Crippen molar-refractivity contribution in [3.63, 3.8) is 0 Å². The van der Waals surface area contributed by atoms with E-state index in [0.717, 1.165) is 50.6 Å². The molecule has 6 heteroatoms. The van der Waals surface area contributed by atoms with Gasteiger partial charge in [0.05, 0.1) is 25.3 Å². The van der Waals surface area contributed by atoms with Gasteiger partial charge in [-0.15, -0.1) is 0 Å². The summed E-state index contributed by atoms with van der Waals surface area (Å²) in [6.45, 7) is 2.27. The van der Waals surface area contributed by atoms with Crippen molar-refractivity contribution < 1.29 is 9.53 Å². The lowest BCUT2D eigenvalue weighted by molar-refractivity contribution is -0.125. The summed E-state index contributed by atoms with van der Waals surface area (Å²) in [6, 6.07) is 10.0. The highest BCUT2D eigenvalue weighted by atomic mass is 35.5. The average Bonchev–Trinajstić information content (AvgIpc) is 2.88. The number of nitriles is 1. The first kappa shape index (κ1) is 19.2. The van der Waals surface area contributed by atoms with Crippen molar-refractivity contribution in [2.75, 3.05) is 26.2 Å². The second kappa shape index (κ2) is 8.85. The molecule has 1 N–H and O–H groups in total. The Hall–Kier alpha value is -1.61. The number of ether oxygens (including phenoxy) is 1. The molecule has 2 fully saturated rings. The number of nitrogens with zero attached hydrogens (tertiary/aromatic N) is 2. The second-order valence-corrected chi connectivity index (χ2v) is 7.74. The van der Waals surface area contributed by atoms with Crippen LogP contribution < -0.4 is 5.32 Å². The molecule has 0 aromatic heterocycles. The number of halogens is 1. The summed E-state index contributed by atoms with van der Waals surface area (Å²) in [7, 11) is 0. The number of benzene rings is 1. The molecule has 1 unspecified atom stereocenters. The van der Waals surface area contributed by atoms with E-state index in [1.807, 2.05) is 24.3 Å². The first-order chi connectivity index (χ1) is 12.6. The molecule has 1 atom stereocenters. The van der Waals surface area contributed by atoms with E-state index in [1.54, 1.807) is 0 Å². The van der Waals surface area contributed by atoms with Crippen LogP contribution >= 0.6 is 11.6 Å². The molecule has 0 radical (unpaired) electrons. The molecule has 1 aliphatic heterocycles. The molecule has 1 aliphatic carbocycles. The molecule has 140 valence electrons. The van der Waals surface area contributed by atoms with Crippen molar-refractivity contribution in [2.45, 2.75) is 50.2 Å². The van der Waals surface area contributed by atoms with Crippen molar-refractivity contribution >= 4 is 17.5 Å². The van der Waals surface area contributed by atoms with Crippen molar-refractivity contribution in [3.8, 4) is 6.07 Å². The third-order valence-corrected chi connectivity index (χ3v) is 5.56. The minimum atomic E-state index is -0.685. The van der Waals surface area contributed by atoms with Gasteiger partial charge in [-0.05, 0) is 30.5 Å². The third kappa shape index (κ3) is 4.97. The van der Waals surface area contributed by atoms with E-state index in [1.165, 1.54) is 0 Å². The summed E-state index contributed by atoms with van der Waals surface area (Å²) in [5.74, 6) is -0.0646. The Morgan fingerprint density at radius 3 is 2.62 bits per heavy atom. The van der Waals surface area contributed by atoms with Crippen molar-refractivity contribution in [1.82, 2.24) is 10.2 Å². The van der Waals surface area contributed by atoms with Crippen LogP contribution in [0.3, 0.4) is 0 Å². The maximum Gasteiger partial charge on any atom is 0.235 e. The number of nitrogens with one attached hydrogen (secondary N) is 1. The zero-order valence-electron chi connectivity index (χ0n) is 15.0. The summed E-state index contributed by atoms with van der Waals surface area (Å²) in [5, 5.41) is 13.4. The van der Waals surface area contributed by atoms with E-state index in [9.17, 15) is 10.1 Å². The largest absolute Gasteiger partial charge is 0.371 e. The van der Waals surface area contributed by atoms with Gasteiger partial charge in [-0.25, -0.2) is 0 Å². The number of hydrogen-bond donors (Lipinski definition) is 1. The van der Waals surface area contributed by atoms with E-state index in [0.29, 0.717) is 24.7 Å². The Kier molecular flexibility index (Phi) is 6.53. The van der Waals surface area contributed by atoms with Gasteiger partial charge in [-0.1, -0.05) is 49.4 Å². The van der Waals surface area contributed by atoms with Crippen molar-refractivity contribution in [3.05, 3.63) is 34.9 Å². The molecule has 26 heavy (non-hydrogen) atoms. The molecule has 2 aliphatic rings. The molecule has 1 amide bonds. The topological polar surface area (TPSA) is 65.4 Å². The lowest BCUT2D eigenvalue weighted by atomic mass is 9.92. The molecule has 1 heterocycles. The Balaban J connectivity index is 1.56. The van der Waals surface area contributed by atoms with Gasteiger partial charge in [0.25, 0.3) is 0 Å². The molecule has 1 saturated heterocycles. The van der Waals surface area contributed by atoms with E-state index in [2.05, 4.69) is 16.3 Å². The SMILES string of the molecule is N#CC1(NC(=O)CN2CCOC(c3ccc(Cl)cc3)C2)CCCCCC1. The Bertz CT molecular complexity index is 648. The monoisotopic (exact) mass is 375 g/mol. The number of rotatable bonds is 4. The number of hydrogen-bond acceptors (Lipinski definition) is 4. The molecule has 5 nitrogen and oxygen atoms in total. The molecule has 0 bridgehead atoms. The van der Waals surface area contributed by atoms with Crippen LogP contribution in [0.25, 0.3) is 0 Å². The predicted molar refractivity (Wildman–Crippen MR) is 101 cm³/mol. The highest BCUT2D eigenvalue weighted by Gasteiger charge is 2.33. The van der Waals surface area contributed by atoms with Gasteiger partial charge in [-0.3, -0.25) is 9.69 Å². The van der Waals surface area contributed by atoms with E-state index >= 15 is 0 Å². The highest BCUT2D eigenvalue weighted by molar-refractivity contribution is 6.30. The van der Waals surface area contributed by atoms with Gasteiger partial charge >= 0.3 is 0 Å². The summed E-state index contributed by atoms with van der Waals surface area (Å²) in [6.07, 6.45) is 5.75. The lowest BCUT2D eigenvalue weighted by Gasteiger charge is -2.34. The van der Waals surface area contributed by atoms with Crippen LogP contribution in [0.15, 0.2) is 24.3 Å². The maximum atomic E-state index is 12.6. The number of morpholine rings is 1. The molecule has 0 spiro atoms. The first-order valence-corrected chi connectivity index (χ1v) is 9.80. The van der Waals surface area contributed by atoms with Crippen LogP contribution in [0.4, 0.5) is 0 Å². The Morgan fingerprint density at radius 2 is 1.96 bits per heavy atom. The summed E-state index contributed by atoms with van der Waals surface area (Å²) in [5.41, 5.74) is 0.381. The minimum Gasteiger partial charge on any atom is -0.371 e. The quantitative estimate of drug-likeness (QED) is 0.818. The van der Waals surface area contributed by atoms with Crippen LogP contribution in [0.5, 0.6) is 0 Å². The van der Waals surface area contributed by atoms with Crippen LogP contribution in [-0.2, 0) is 9.53 Å². The minimum absolute atomic E-state index is 0.0587. The van der Waals surface area contributed by atoms with Crippen LogP contribution in [0.2, 0.25) is 5.02 Å². The Labute approximate surface area is 160 Å². The number of amides is 1. The zero-order chi connectivity index (χ0) is 18.4. The fourth-order valence-corrected chi connectivity index (χ4v) is 3.96. The molecule has 1 aromatic carbocycles. The summed E-state index contributed by atoms with van der Waals surface area (Å²) >= 11 is 5.95. The van der Waals surface area contributed by atoms with Crippen molar-refractivity contribution in [1.29, 1.82) is 5.26 Å². The second-order valence-electron chi connectivity index (χ2n) is 7.30. The van der Waals surface area contributed by atoms with E-state index in [-0.39, 0.29) is 12.0 Å². The van der Waals surface area contributed by atoms with Crippen LogP contribution in [-0.4, -0.2) is 42.6 Å². The van der Waals surface area contributed by atoms with Gasteiger partial charge in [0.1, 0.15) is 5.54 Å². The van der Waals surface area contributed by atoms with Gasteiger partial charge in [0.15, 0.2) is 0 Å². The average molecular weight is 376 g/mol. The number of carbonyl (C=O) groups is 1. The van der Waals surface area contributed by atoms with Gasteiger partial charge in [-0.2, -0.15) is 5.26 Å². The fraction of sp³-hybridized carbons (Fsp3) is 0.600. The fourth-order valence-electron chi connectivity index (χ4n) is 3.83. The lowest BCUT2D eigenvalue weighted by Crippen LogP contribution is -2.52. The molecule has 3 rings (SSSR count). The van der Waals surface area contributed by atoms with E-state index in [4.69, 9.17) is 16.3 Å². The van der Waals surface area contributed by atoms with Crippen LogP contribution in [0.1, 0.15) is 50.2 Å². The normalized spacial score (nSPS) is 23.6. The predicted octanol–water partition coefficient (Wildman–Crippen LogP) is 3.45. The molecule has 1 saturated carbocycles. The molecular weight excluding hydrogens is 350 g/mol.